The van der Waals surface area contributed by atoms with E-state index in [0.29, 0.717) is 6.20 Å². The van der Waals surface area contributed by atoms with E-state index < -0.39 is 40.6 Å². The topological polar surface area (TPSA) is 103 Å². The van der Waals surface area contributed by atoms with Crippen molar-refractivity contribution in [1.29, 1.82) is 0 Å². The van der Waals surface area contributed by atoms with Crippen molar-refractivity contribution in [1.82, 2.24) is 4.98 Å². The lowest BCUT2D eigenvalue weighted by atomic mass is 10.1. The summed E-state index contributed by atoms with van der Waals surface area (Å²) in [6.07, 6.45) is -3.42. The van der Waals surface area contributed by atoms with E-state index in [1.165, 1.54) is 0 Å². The fraction of sp³-hybridized carbons (Fsp3) is 0.333. The van der Waals surface area contributed by atoms with Crippen molar-refractivity contribution < 1.29 is 28.3 Å². The van der Waals surface area contributed by atoms with Crippen molar-refractivity contribution in [3.63, 3.8) is 0 Å². The fourth-order valence-corrected chi connectivity index (χ4v) is 1.42. The number of hydrogen-bond donors (Lipinski definition) is 1. The molecule has 0 saturated carbocycles. The normalized spacial score (nSPS) is 10.4. The number of hydrogen-bond acceptors (Lipinski definition) is 5. The minimum absolute atomic E-state index is 0.363. The SMILES string of the molecule is COc1ncc([N+](=O)[O-])c(C(F)F)c1CC(=O)O. The van der Waals surface area contributed by atoms with Crippen molar-refractivity contribution >= 4 is 11.7 Å². The summed E-state index contributed by atoms with van der Waals surface area (Å²) in [6, 6.07) is 0. The molecule has 1 rings (SSSR count). The van der Waals surface area contributed by atoms with Gasteiger partial charge in [-0.2, -0.15) is 0 Å². The van der Waals surface area contributed by atoms with Crippen LogP contribution in [0.2, 0.25) is 0 Å². The Kier molecular flexibility index (Phi) is 4.08. The molecule has 0 aliphatic carbocycles. The van der Waals surface area contributed by atoms with Crippen molar-refractivity contribution in [2.45, 2.75) is 12.8 Å². The number of carboxylic acids is 1. The summed E-state index contributed by atoms with van der Waals surface area (Å²) >= 11 is 0. The van der Waals surface area contributed by atoms with Gasteiger partial charge in [-0.05, 0) is 0 Å². The number of aliphatic carboxylic acids is 1. The molecule has 1 aromatic heterocycles. The molecule has 0 atom stereocenters. The molecule has 0 spiro atoms. The number of ether oxygens (including phenoxy) is 1. The molecule has 0 unspecified atom stereocenters. The average molecular weight is 262 g/mol. The molecule has 98 valence electrons. The van der Waals surface area contributed by atoms with E-state index in [1.807, 2.05) is 0 Å². The maximum absolute atomic E-state index is 12.8. The number of pyridine rings is 1. The third-order valence-corrected chi connectivity index (χ3v) is 2.10. The summed E-state index contributed by atoms with van der Waals surface area (Å²) in [5.74, 6) is -1.78. The quantitative estimate of drug-likeness (QED) is 0.638. The predicted molar refractivity (Wildman–Crippen MR) is 53.7 cm³/mol. The van der Waals surface area contributed by atoms with Crippen LogP contribution in [0.15, 0.2) is 6.20 Å². The van der Waals surface area contributed by atoms with Crippen LogP contribution in [0.3, 0.4) is 0 Å². The number of alkyl halides is 2. The Balaban J connectivity index is 3.53. The van der Waals surface area contributed by atoms with Gasteiger partial charge in [0.15, 0.2) is 0 Å². The zero-order valence-corrected chi connectivity index (χ0v) is 9.09. The van der Waals surface area contributed by atoms with Gasteiger partial charge in [-0.25, -0.2) is 13.8 Å². The summed E-state index contributed by atoms with van der Waals surface area (Å²) in [5, 5.41) is 19.2. The Labute approximate surface area is 99.2 Å². The zero-order valence-electron chi connectivity index (χ0n) is 9.09. The summed E-state index contributed by atoms with van der Waals surface area (Å²) in [6.45, 7) is 0. The average Bonchev–Trinajstić information content (AvgIpc) is 2.26. The van der Waals surface area contributed by atoms with Crippen molar-refractivity contribution in [2.24, 2.45) is 0 Å². The van der Waals surface area contributed by atoms with E-state index in [-0.39, 0.29) is 5.88 Å². The number of carbonyl (C=O) groups is 1. The second-order valence-electron chi connectivity index (χ2n) is 3.17. The largest absolute Gasteiger partial charge is 0.481 e. The fourth-order valence-electron chi connectivity index (χ4n) is 1.42. The number of methoxy groups -OCH3 is 1. The molecular formula is C9H8F2N2O5. The second-order valence-corrected chi connectivity index (χ2v) is 3.17. The first-order chi connectivity index (χ1) is 8.38. The van der Waals surface area contributed by atoms with Gasteiger partial charge in [-0.15, -0.1) is 0 Å². The molecule has 9 heteroatoms. The third kappa shape index (κ3) is 2.67. The highest BCUT2D eigenvalue weighted by atomic mass is 19.3. The summed E-state index contributed by atoms with van der Waals surface area (Å²) in [5.41, 5.74) is -2.40. The lowest BCUT2D eigenvalue weighted by Crippen LogP contribution is -2.10. The first kappa shape index (κ1) is 13.7. The maximum Gasteiger partial charge on any atom is 0.308 e. The van der Waals surface area contributed by atoms with Crippen LogP contribution in [-0.2, 0) is 11.2 Å². The number of nitrogens with zero attached hydrogens (tertiary/aromatic N) is 2. The van der Waals surface area contributed by atoms with Crippen molar-refractivity contribution in [3.8, 4) is 5.88 Å². The van der Waals surface area contributed by atoms with Crippen LogP contribution >= 0.6 is 0 Å². The Bertz CT molecular complexity index is 492. The lowest BCUT2D eigenvalue weighted by molar-refractivity contribution is -0.386. The predicted octanol–water partition coefficient (Wildman–Crippen LogP) is 1.56. The van der Waals surface area contributed by atoms with Gasteiger partial charge in [0.05, 0.1) is 18.5 Å². The van der Waals surface area contributed by atoms with Crippen LogP contribution < -0.4 is 4.74 Å². The molecule has 1 N–H and O–H groups in total. The van der Waals surface area contributed by atoms with Crippen LogP contribution in [0.25, 0.3) is 0 Å². The van der Waals surface area contributed by atoms with Gasteiger partial charge in [0.25, 0.3) is 12.1 Å². The molecule has 0 aliphatic rings. The first-order valence-electron chi connectivity index (χ1n) is 4.58. The van der Waals surface area contributed by atoms with E-state index in [1.54, 1.807) is 0 Å². The first-order valence-corrected chi connectivity index (χ1v) is 4.58. The van der Waals surface area contributed by atoms with Gasteiger partial charge in [0.2, 0.25) is 5.88 Å². The van der Waals surface area contributed by atoms with Gasteiger partial charge < -0.3 is 9.84 Å². The number of nitro groups is 1. The van der Waals surface area contributed by atoms with Crippen LogP contribution in [0, 0.1) is 10.1 Å². The van der Waals surface area contributed by atoms with E-state index in [9.17, 15) is 23.7 Å². The highest BCUT2D eigenvalue weighted by molar-refractivity contribution is 5.72. The molecule has 0 amide bonds. The van der Waals surface area contributed by atoms with Gasteiger partial charge in [0, 0.05) is 5.56 Å². The Morgan fingerprint density at radius 3 is 2.67 bits per heavy atom. The van der Waals surface area contributed by atoms with Gasteiger partial charge in [-0.1, -0.05) is 0 Å². The molecule has 1 aromatic rings. The number of halogens is 2. The smallest absolute Gasteiger partial charge is 0.308 e. The highest BCUT2D eigenvalue weighted by Crippen LogP contribution is 2.35. The lowest BCUT2D eigenvalue weighted by Gasteiger charge is -2.11. The number of aromatic nitrogens is 1. The van der Waals surface area contributed by atoms with Crippen molar-refractivity contribution in [3.05, 3.63) is 27.4 Å². The highest BCUT2D eigenvalue weighted by Gasteiger charge is 2.30. The Hall–Kier alpha value is -2.32. The Morgan fingerprint density at radius 2 is 2.28 bits per heavy atom. The van der Waals surface area contributed by atoms with Crippen LogP contribution in [-0.4, -0.2) is 28.1 Å². The van der Waals surface area contributed by atoms with Crippen LogP contribution in [0.5, 0.6) is 5.88 Å². The van der Waals surface area contributed by atoms with Gasteiger partial charge >= 0.3 is 5.97 Å². The second kappa shape index (κ2) is 5.34. The molecule has 0 saturated heterocycles. The summed E-state index contributed by atoms with van der Waals surface area (Å²) in [7, 11) is 1.11. The summed E-state index contributed by atoms with van der Waals surface area (Å²) < 4.78 is 30.3. The van der Waals surface area contributed by atoms with E-state index in [0.717, 1.165) is 7.11 Å². The summed E-state index contributed by atoms with van der Waals surface area (Å²) in [4.78, 5) is 23.6. The Morgan fingerprint density at radius 1 is 1.67 bits per heavy atom. The number of carboxylic acid groups (broad SMARTS) is 1. The van der Waals surface area contributed by atoms with Gasteiger partial charge in [0.1, 0.15) is 11.8 Å². The molecule has 0 aromatic carbocycles. The van der Waals surface area contributed by atoms with Crippen molar-refractivity contribution in [2.75, 3.05) is 7.11 Å². The van der Waals surface area contributed by atoms with E-state index in [2.05, 4.69) is 9.72 Å². The standard InChI is InChI=1S/C9H8F2N2O5/c1-18-9-4(2-6(14)15)7(8(10)11)5(3-12-9)13(16)17/h3,8H,2H2,1H3,(H,14,15). The molecule has 0 fully saturated rings. The maximum atomic E-state index is 12.8. The molecule has 7 nitrogen and oxygen atoms in total. The monoisotopic (exact) mass is 262 g/mol. The van der Waals surface area contributed by atoms with Crippen LogP contribution in [0.1, 0.15) is 17.6 Å². The third-order valence-electron chi connectivity index (χ3n) is 2.10. The molecule has 18 heavy (non-hydrogen) atoms. The van der Waals surface area contributed by atoms with Crippen LogP contribution in [0.4, 0.5) is 14.5 Å². The zero-order chi connectivity index (χ0) is 13.9. The number of rotatable bonds is 5. The molecule has 0 aliphatic heterocycles. The minimum atomic E-state index is -3.20. The van der Waals surface area contributed by atoms with E-state index >= 15 is 0 Å². The molecule has 0 bridgehead atoms. The van der Waals surface area contributed by atoms with E-state index in [4.69, 9.17) is 5.11 Å². The molecule has 0 radical (unpaired) electrons. The van der Waals surface area contributed by atoms with Gasteiger partial charge in [-0.3, -0.25) is 14.9 Å². The molecular weight excluding hydrogens is 254 g/mol. The molecule has 1 heterocycles. The minimum Gasteiger partial charge on any atom is -0.481 e.